The van der Waals surface area contributed by atoms with E-state index in [4.69, 9.17) is 9.84 Å². The number of nitrogens with zero attached hydrogens (tertiary/aromatic N) is 1. The Morgan fingerprint density at radius 3 is 2.70 bits per heavy atom. The second kappa shape index (κ2) is 6.90. The lowest BCUT2D eigenvalue weighted by molar-refractivity contribution is -0.141. The van der Waals surface area contributed by atoms with Gasteiger partial charge in [-0.3, -0.25) is 4.79 Å². The number of rotatable bonds is 5. The standard InChI is InChI=1S/C13H24N2O5/c1-9-4-5-15(7-10(9)20-3)12(18)14-8-13(2,19)6-11(16)17/h9-10,19H,4-8H2,1-3H3,(H,14,18)(H,16,17). The number of carbonyl (C=O) groups excluding carboxylic acids is 1. The number of urea groups is 1. The van der Waals surface area contributed by atoms with Crippen molar-refractivity contribution >= 4 is 12.0 Å². The molecule has 1 rings (SSSR count). The van der Waals surface area contributed by atoms with Crippen LogP contribution in [0.15, 0.2) is 0 Å². The number of amides is 2. The molecule has 0 spiro atoms. The van der Waals surface area contributed by atoms with E-state index in [9.17, 15) is 14.7 Å². The van der Waals surface area contributed by atoms with Gasteiger partial charge in [-0.05, 0) is 19.3 Å². The largest absolute Gasteiger partial charge is 0.481 e. The molecule has 116 valence electrons. The quantitative estimate of drug-likeness (QED) is 0.675. The van der Waals surface area contributed by atoms with Crippen LogP contribution in [-0.4, -0.2) is 65.6 Å². The van der Waals surface area contributed by atoms with Crippen molar-refractivity contribution in [3.63, 3.8) is 0 Å². The first-order chi connectivity index (χ1) is 9.25. The molecule has 7 heteroatoms. The Kier molecular flexibility index (Phi) is 5.76. The third-order valence-electron chi connectivity index (χ3n) is 3.63. The number of methoxy groups -OCH3 is 1. The topological polar surface area (TPSA) is 99.1 Å². The van der Waals surface area contributed by atoms with E-state index in [0.717, 1.165) is 6.42 Å². The first kappa shape index (κ1) is 16.7. The van der Waals surface area contributed by atoms with E-state index in [1.54, 1.807) is 12.0 Å². The van der Waals surface area contributed by atoms with Gasteiger partial charge in [0.2, 0.25) is 0 Å². The van der Waals surface area contributed by atoms with Crippen molar-refractivity contribution in [3.05, 3.63) is 0 Å². The zero-order valence-electron chi connectivity index (χ0n) is 12.3. The minimum absolute atomic E-state index is 0.00836. The van der Waals surface area contributed by atoms with E-state index in [0.29, 0.717) is 19.0 Å². The third kappa shape index (κ3) is 4.97. The zero-order chi connectivity index (χ0) is 15.3. The van der Waals surface area contributed by atoms with Crippen LogP contribution in [0.2, 0.25) is 0 Å². The fourth-order valence-corrected chi connectivity index (χ4v) is 2.29. The lowest BCUT2D eigenvalue weighted by Gasteiger charge is -2.36. The molecule has 20 heavy (non-hydrogen) atoms. The SMILES string of the molecule is COC1CN(C(=O)NCC(C)(O)CC(=O)O)CCC1C. The summed E-state index contributed by atoms with van der Waals surface area (Å²) in [4.78, 5) is 24.2. The smallest absolute Gasteiger partial charge is 0.317 e. The van der Waals surface area contributed by atoms with Crippen LogP contribution in [0.25, 0.3) is 0 Å². The molecule has 2 amide bonds. The van der Waals surface area contributed by atoms with Gasteiger partial charge < -0.3 is 25.2 Å². The van der Waals surface area contributed by atoms with Crippen LogP contribution in [-0.2, 0) is 9.53 Å². The molecule has 0 aromatic rings. The Labute approximate surface area is 118 Å². The van der Waals surface area contributed by atoms with Crippen molar-refractivity contribution in [2.45, 2.75) is 38.4 Å². The summed E-state index contributed by atoms with van der Waals surface area (Å²) in [6.07, 6.45) is 0.455. The van der Waals surface area contributed by atoms with Crippen LogP contribution < -0.4 is 5.32 Å². The Hall–Kier alpha value is -1.34. The number of carboxylic acid groups (broad SMARTS) is 1. The van der Waals surface area contributed by atoms with Gasteiger partial charge in [0, 0.05) is 26.7 Å². The van der Waals surface area contributed by atoms with Gasteiger partial charge in [0.15, 0.2) is 0 Å². The van der Waals surface area contributed by atoms with E-state index in [1.807, 2.05) is 0 Å². The van der Waals surface area contributed by atoms with Crippen LogP contribution in [0, 0.1) is 5.92 Å². The van der Waals surface area contributed by atoms with Crippen molar-refractivity contribution in [1.82, 2.24) is 10.2 Å². The van der Waals surface area contributed by atoms with Gasteiger partial charge in [-0.15, -0.1) is 0 Å². The number of hydrogen-bond acceptors (Lipinski definition) is 4. The molecule has 3 atom stereocenters. The number of hydrogen-bond donors (Lipinski definition) is 3. The number of aliphatic hydroxyl groups is 1. The van der Waals surface area contributed by atoms with Gasteiger partial charge in [-0.2, -0.15) is 0 Å². The van der Waals surface area contributed by atoms with Crippen molar-refractivity contribution < 1.29 is 24.5 Å². The van der Waals surface area contributed by atoms with Gasteiger partial charge in [-0.1, -0.05) is 6.92 Å². The maximum absolute atomic E-state index is 12.0. The predicted octanol–water partition coefficient (Wildman–Crippen LogP) is 0.279. The number of carbonyl (C=O) groups is 2. The molecule has 1 aliphatic heterocycles. The van der Waals surface area contributed by atoms with Crippen LogP contribution in [0.1, 0.15) is 26.7 Å². The van der Waals surface area contributed by atoms with E-state index in [-0.39, 0.29) is 18.7 Å². The van der Waals surface area contributed by atoms with Gasteiger partial charge in [0.1, 0.15) is 0 Å². The Morgan fingerprint density at radius 2 is 2.15 bits per heavy atom. The minimum atomic E-state index is -1.45. The molecule has 0 aromatic heterocycles. The summed E-state index contributed by atoms with van der Waals surface area (Å²) >= 11 is 0. The molecule has 1 saturated heterocycles. The molecule has 0 saturated carbocycles. The summed E-state index contributed by atoms with van der Waals surface area (Å²) in [6.45, 7) is 4.51. The second-order valence-corrected chi connectivity index (χ2v) is 5.71. The van der Waals surface area contributed by atoms with Crippen molar-refractivity contribution in [2.24, 2.45) is 5.92 Å². The predicted molar refractivity (Wildman–Crippen MR) is 72.4 cm³/mol. The van der Waals surface area contributed by atoms with E-state index in [1.165, 1.54) is 6.92 Å². The number of carboxylic acids is 1. The lowest BCUT2D eigenvalue weighted by atomic mass is 9.96. The van der Waals surface area contributed by atoms with Crippen LogP contribution in [0.5, 0.6) is 0 Å². The number of nitrogens with one attached hydrogen (secondary N) is 1. The van der Waals surface area contributed by atoms with Gasteiger partial charge in [-0.25, -0.2) is 4.79 Å². The third-order valence-corrected chi connectivity index (χ3v) is 3.63. The summed E-state index contributed by atoms with van der Waals surface area (Å²) in [5.41, 5.74) is -1.45. The molecular formula is C13H24N2O5. The Morgan fingerprint density at radius 1 is 1.50 bits per heavy atom. The molecule has 0 aliphatic carbocycles. The lowest BCUT2D eigenvalue weighted by Crippen LogP contribution is -2.52. The molecule has 1 heterocycles. The maximum Gasteiger partial charge on any atom is 0.317 e. The summed E-state index contributed by atoms with van der Waals surface area (Å²) in [6, 6.07) is -0.301. The van der Waals surface area contributed by atoms with Crippen LogP contribution in [0.3, 0.4) is 0 Å². The normalized spacial score (nSPS) is 25.9. The highest BCUT2D eigenvalue weighted by atomic mass is 16.5. The van der Waals surface area contributed by atoms with Crippen molar-refractivity contribution in [3.8, 4) is 0 Å². The highest BCUT2D eigenvalue weighted by Gasteiger charge is 2.30. The average Bonchev–Trinajstić information content (AvgIpc) is 2.35. The molecule has 0 bridgehead atoms. The molecule has 3 unspecified atom stereocenters. The minimum Gasteiger partial charge on any atom is -0.481 e. The highest BCUT2D eigenvalue weighted by molar-refractivity contribution is 5.74. The highest BCUT2D eigenvalue weighted by Crippen LogP contribution is 2.19. The fraction of sp³-hybridized carbons (Fsp3) is 0.846. The monoisotopic (exact) mass is 288 g/mol. The van der Waals surface area contributed by atoms with Crippen LogP contribution in [0.4, 0.5) is 4.79 Å². The van der Waals surface area contributed by atoms with Crippen molar-refractivity contribution in [1.29, 1.82) is 0 Å². The molecule has 0 aromatic carbocycles. The maximum atomic E-state index is 12.0. The summed E-state index contributed by atoms with van der Waals surface area (Å²) in [7, 11) is 1.63. The first-order valence-corrected chi connectivity index (χ1v) is 6.75. The molecule has 1 fully saturated rings. The Bertz CT molecular complexity index is 359. The number of aliphatic carboxylic acids is 1. The van der Waals surface area contributed by atoms with E-state index < -0.39 is 18.0 Å². The number of piperidine rings is 1. The van der Waals surface area contributed by atoms with Crippen molar-refractivity contribution in [2.75, 3.05) is 26.7 Å². The molecule has 3 N–H and O–H groups in total. The fourth-order valence-electron chi connectivity index (χ4n) is 2.29. The van der Waals surface area contributed by atoms with E-state index >= 15 is 0 Å². The van der Waals surface area contributed by atoms with Gasteiger partial charge in [0.05, 0.1) is 18.1 Å². The zero-order valence-corrected chi connectivity index (χ0v) is 12.3. The summed E-state index contributed by atoms with van der Waals surface area (Å²) in [5, 5.41) is 21.1. The van der Waals surface area contributed by atoms with Gasteiger partial charge in [0.25, 0.3) is 0 Å². The van der Waals surface area contributed by atoms with E-state index in [2.05, 4.69) is 12.2 Å². The summed E-state index contributed by atoms with van der Waals surface area (Å²) in [5.74, 6) is -0.699. The number of ether oxygens (including phenoxy) is 1. The summed E-state index contributed by atoms with van der Waals surface area (Å²) < 4.78 is 5.33. The molecule has 1 aliphatic rings. The molecular weight excluding hydrogens is 264 g/mol. The van der Waals surface area contributed by atoms with Crippen LogP contribution >= 0.6 is 0 Å². The molecule has 7 nitrogen and oxygen atoms in total. The number of likely N-dealkylation sites (tertiary alicyclic amines) is 1. The first-order valence-electron chi connectivity index (χ1n) is 6.75. The molecule has 0 radical (unpaired) electrons. The average molecular weight is 288 g/mol. The Balaban J connectivity index is 2.45. The second-order valence-electron chi connectivity index (χ2n) is 5.71. The van der Waals surface area contributed by atoms with Gasteiger partial charge >= 0.3 is 12.0 Å².